The van der Waals surface area contributed by atoms with E-state index in [9.17, 15) is 17.6 Å². The maximum Gasteiger partial charge on any atom is 0.303 e. The van der Waals surface area contributed by atoms with Crippen molar-refractivity contribution in [3.63, 3.8) is 0 Å². The number of benzene rings is 2. The molecule has 0 radical (unpaired) electrons. The summed E-state index contributed by atoms with van der Waals surface area (Å²) < 4.78 is 58.4. The number of halogens is 1. The van der Waals surface area contributed by atoms with Crippen LogP contribution in [0.5, 0.6) is 11.5 Å². The van der Waals surface area contributed by atoms with Crippen molar-refractivity contribution >= 4 is 27.0 Å². The standard InChI is InChI=1S/C32H41FN4O5S/c1-35-14-13-21-17-37-28-15-23(32(38)34-43(39,40)36(2)19-24(33)18-35)9-11-26(28)30(22-7-5-4-6-8-22)31(37)27-12-10-25(41-3)16-29(27)42-20-21/h9-12,15-16,21-22,24H,4-8,13-14,17-20H2,1-3H3,(H,34,38)/t21-,24?/m1/s1. The molecule has 4 bridgehead atoms. The van der Waals surface area contributed by atoms with Crippen LogP contribution in [0.2, 0.25) is 0 Å². The second-order valence-corrected chi connectivity index (χ2v) is 14.1. The molecule has 2 atom stereocenters. The van der Waals surface area contributed by atoms with Crippen LogP contribution in [-0.2, 0) is 16.8 Å². The van der Waals surface area contributed by atoms with Gasteiger partial charge >= 0.3 is 10.2 Å². The third-order valence-electron chi connectivity index (χ3n) is 9.25. The normalized spacial score (nSPS) is 24.2. The van der Waals surface area contributed by atoms with E-state index in [1.807, 2.05) is 36.2 Å². The van der Waals surface area contributed by atoms with Gasteiger partial charge < -0.3 is 18.9 Å². The molecule has 1 aromatic heterocycles. The maximum atomic E-state index is 15.0. The first-order valence-electron chi connectivity index (χ1n) is 15.2. The Hall–Kier alpha value is -3.15. The summed E-state index contributed by atoms with van der Waals surface area (Å²) in [6, 6.07) is 11.4. The molecule has 1 fully saturated rings. The summed E-state index contributed by atoms with van der Waals surface area (Å²) in [5.41, 5.74) is 4.49. The lowest BCUT2D eigenvalue weighted by atomic mass is 9.81. The van der Waals surface area contributed by atoms with E-state index in [1.165, 1.54) is 31.9 Å². The second kappa shape index (κ2) is 12.1. The first-order valence-corrected chi connectivity index (χ1v) is 16.7. The second-order valence-electron chi connectivity index (χ2n) is 12.3. The topological polar surface area (TPSA) is 93.1 Å². The largest absolute Gasteiger partial charge is 0.497 e. The van der Waals surface area contributed by atoms with Crippen molar-refractivity contribution in [2.75, 3.05) is 47.4 Å². The van der Waals surface area contributed by atoms with Gasteiger partial charge in [-0.15, -0.1) is 0 Å². The number of carbonyl (C=O) groups is 1. The van der Waals surface area contributed by atoms with Gasteiger partial charge in [0.2, 0.25) is 0 Å². The number of nitrogens with one attached hydrogen (secondary N) is 1. The molecule has 1 aliphatic carbocycles. The lowest BCUT2D eigenvalue weighted by molar-refractivity contribution is 0.0978. The van der Waals surface area contributed by atoms with Crippen molar-refractivity contribution in [2.45, 2.75) is 57.2 Å². The number of amides is 1. The van der Waals surface area contributed by atoms with Crippen molar-refractivity contribution in [3.8, 4) is 22.8 Å². The highest BCUT2D eigenvalue weighted by Crippen LogP contribution is 2.48. The molecule has 3 aromatic rings. The summed E-state index contributed by atoms with van der Waals surface area (Å²) in [7, 11) is 0.542. The Morgan fingerprint density at radius 3 is 2.56 bits per heavy atom. The number of alkyl halides is 1. The van der Waals surface area contributed by atoms with E-state index in [1.54, 1.807) is 13.2 Å². The van der Waals surface area contributed by atoms with E-state index in [-0.39, 0.29) is 24.6 Å². The SMILES string of the molecule is COc1ccc2c(c1)OC[C@@H]1CCN(C)CC(F)CN(C)S(=O)(=O)NC(=O)c3ccc4c(C5CCCCC5)c-2n(c4c3)C1. The van der Waals surface area contributed by atoms with Gasteiger partial charge in [0.05, 0.1) is 19.4 Å². The predicted octanol–water partition coefficient (Wildman–Crippen LogP) is 4.95. The summed E-state index contributed by atoms with van der Waals surface area (Å²) in [5.74, 6) is 1.20. The highest BCUT2D eigenvalue weighted by Gasteiger charge is 2.32. The average Bonchev–Trinajstić information content (AvgIpc) is 3.29. The van der Waals surface area contributed by atoms with Crippen LogP contribution in [0.1, 0.15) is 60.4 Å². The molecule has 2 aromatic carbocycles. The zero-order valence-electron chi connectivity index (χ0n) is 25.1. The molecule has 11 heteroatoms. The number of nitrogens with zero attached hydrogens (tertiary/aromatic N) is 3. The maximum absolute atomic E-state index is 15.0. The Morgan fingerprint density at radius 1 is 1.00 bits per heavy atom. The van der Waals surface area contributed by atoms with E-state index in [2.05, 4.69) is 15.4 Å². The number of fused-ring (bicyclic) bond motifs is 4. The first-order chi connectivity index (χ1) is 20.6. The highest BCUT2D eigenvalue weighted by atomic mass is 32.2. The lowest BCUT2D eigenvalue weighted by Crippen LogP contribution is -2.45. The van der Waals surface area contributed by atoms with Crippen molar-refractivity contribution < 1.29 is 27.1 Å². The Labute approximate surface area is 253 Å². The third-order valence-corrected chi connectivity index (χ3v) is 10.7. The number of methoxy groups -OCH3 is 1. The number of rotatable bonds is 2. The number of hydrogen-bond acceptors (Lipinski definition) is 6. The van der Waals surface area contributed by atoms with Gasteiger partial charge in [0, 0.05) is 60.7 Å². The van der Waals surface area contributed by atoms with E-state index < -0.39 is 22.3 Å². The van der Waals surface area contributed by atoms with Gasteiger partial charge in [-0.1, -0.05) is 25.3 Å². The minimum atomic E-state index is -4.24. The molecule has 3 aliphatic rings. The van der Waals surface area contributed by atoms with Crippen LogP contribution in [0.4, 0.5) is 4.39 Å². The molecule has 0 spiro atoms. The van der Waals surface area contributed by atoms with Crippen molar-refractivity contribution in [3.05, 3.63) is 47.5 Å². The molecule has 43 heavy (non-hydrogen) atoms. The molecule has 1 unspecified atom stereocenters. The number of carbonyl (C=O) groups excluding carboxylic acids is 1. The Morgan fingerprint density at radius 2 is 1.79 bits per heavy atom. The first kappa shape index (κ1) is 29.9. The molecule has 6 rings (SSSR count). The van der Waals surface area contributed by atoms with Gasteiger partial charge in [-0.2, -0.15) is 12.7 Å². The van der Waals surface area contributed by atoms with E-state index in [0.29, 0.717) is 31.4 Å². The fraction of sp³-hybridized carbons (Fsp3) is 0.531. The van der Waals surface area contributed by atoms with E-state index in [4.69, 9.17) is 9.47 Å². The number of aromatic nitrogens is 1. The Bertz CT molecular complexity index is 1620. The summed E-state index contributed by atoms with van der Waals surface area (Å²) in [6.07, 6.45) is 5.07. The minimum absolute atomic E-state index is 0.0747. The number of hydrogen-bond donors (Lipinski definition) is 1. The zero-order valence-corrected chi connectivity index (χ0v) is 26.0. The summed E-state index contributed by atoms with van der Waals surface area (Å²) in [5, 5.41) is 1.08. The van der Waals surface area contributed by atoms with Gasteiger partial charge in [-0.3, -0.25) is 4.79 Å². The molecule has 232 valence electrons. The number of ether oxygens (including phenoxy) is 2. The molecule has 0 saturated heterocycles. The van der Waals surface area contributed by atoms with E-state index in [0.717, 1.165) is 51.5 Å². The highest BCUT2D eigenvalue weighted by molar-refractivity contribution is 7.87. The van der Waals surface area contributed by atoms with E-state index >= 15 is 0 Å². The minimum Gasteiger partial charge on any atom is -0.497 e. The summed E-state index contributed by atoms with van der Waals surface area (Å²) >= 11 is 0. The van der Waals surface area contributed by atoms with Gasteiger partial charge in [0.1, 0.15) is 17.7 Å². The van der Waals surface area contributed by atoms with Crippen LogP contribution in [0.15, 0.2) is 36.4 Å². The molecular formula is C32H41FN4O5S. The van der Waals surface area contributed by atoms with Crippen LogP contribution in [0.25, 0.3) is 22.2 Å². The van der Waals surface area contributed by atoms with Crippen molar-refractivity contribution in [1.82, 2.24) is 18.5 Å². The molecule has 9 nitrogen and oxygen atoms in total. The zero-order chi connectivity index (χ0) is 30.3. The molecule has 3 heterocycles. The fourth-order valence-corrected chi connectivity index (χ4v) is 7.83. The molecular weight excluding hydrogens is 571 g/mol. The fourth-order valence-electron chi connectivity index (χ4n) is 6.96. The van der Waals surface area contributed by atoms with Crippen LogP contribution in [0.3, 0.4) is 0 Å². The third kappa shape index (κ3) is 5.99. The van der Waals surface area contributed by atoms with Crippen LogP contribution in [-0.4, -0.2) is 81.7 Å². The monoisotopic (exact) mass is 612 g/mol. The van der Waals surface area contributed by atoms with Crippen molar-refractivity contribution in [1.29, 1.82) is 0 Å². The smallest absolute Gasteiger partial charge is 0.303 e. The van der Waals surface area contributed by atoms with Crippen LogP contribution in [0, 0.1) is 5.92 Å². The summed E-state index contributed by atoms with van der Waals surface area (Å²) in [6.45, 7) is 1.48. The van der Waals surface area contributed by atoms with Gasteiger partial charge in [-0.05, 0) is 68.6 Å². The average molecular weight is 613 g/mol. The predicted molar refractivity (Wildman–Crippen MR) is 165 cm³/mol. The van der Waals surface area contributed by atoms with Crippen molar-refractivity contribution in [2.24, 2.45) is 5.92 Å². The Kier molecular flexibility index (Phi) is 8.41. The van der Waals surface area contributed by atoms with Crippen LogP contribution >= 0.6 is 0 Å². The summed E-state index contributed by atoms with van der Waals surface area (Å²) in [4.78, 5) is 15.2. The van der Waals surface area contributed by atoms with Crippen LogP contribution < -0.4 is 14.2 Å². The molecule has 2 aliphatic heterocycles. The Balaban J connectivity index is 1.57. The van der Waals surface area contributed by atoms with Gasteiger partial charge in [0.25, 0.3) is 5.91 Å². The van der Waals surface area contributed by atoms with Gasteiger partial charge in [0.15, 0.2) is 0 Å². The molecule has 1 N–H and O–H groups in total. The van der Waals surface area contributed by atoms with Gasteiger partial charge in [-0.25, -0.2) is 9.11 Å². The quantitative estimate of drug-likeness (QED) is 0.440. The molecule has 1 amide bonds. The molecule has 1 saturated carbocycles. The lowest BCUT2D eigenvalue weighted by Gasteiger charge is -2.29.